The summed E-state index contributed by atoms with van der Waals surface area (Å²) in [4.78, 5) is 24.9. The van der Waals surface area contributed by atoms with Crippen molar-refractivity contribution in [1.29, 1.82) is 0 Å². The third-order valence-corrected chi connectivity index (χ3v) is 7.14. The Morgan fingerprint density at radius 2 is 1.83 bits per heavy atom. The molecule has 0 saturated carbocycles. The van der Waals surface area contributed by atoms with Crippen molar-refractivity contribution in [2.24, 2.45) is 0 Å². The SMILES string of the molecule is CSc1cn(-c2ncc(-c3cc(C(C)(C)O)ccc3F)cn2)c2cc(C(=O)N3CCOCC3)ccc12. The Morgan fingerprint density at radius 3 is 2.50 bits per heavy atom. The van der Waals surface area contributed by atoms with Gasteiger partial charge in [-0.15, -0.1) is 11.8 Å². The second kappa shape index (κ2) is 9.65. The van der Waals surface area contributed by atoms with Crippen molar-refractivity contribution in [2.45, 2.75) is 24.3 Å². The molecule has 2 aromatic heterocycles. The normalized spacial score (nSPS) is 14.4. The number of halogens is 1. The number of ether oxygens (including phenoxy) is 1. The van der Waals surface area contributed by atoms with Crippen LogP contribution in [0.1, 0.15) is 29.8 Å². The van der Waals surface area contributed by atoms with Gasteiger partial charge < -0.3 is 14.7 Å². The van der Waals surface area contributed by atoms with Gasteiger partial charge in [0.25, 0.3) is 5.91 Å². The summed E-state index contributed by atoms with van der Waals surface area (Å²) < 4.78 is 21.8. The Labute approximate surface area is 212 Å². The van der Waals surface area contributed by atoms with Crippen LogP contribution in [-0.2, 0) is 10.3 Å². The maximum Gasteiger partial charge on any atom is 0.254 e. The molecule has 2 aromatic carbocycles. The van der Waals surface area contributed by atoms with Crippen LogP contribution < -0.4 is 0 Å². The van der Waals surface area contributed by atoms with E-state index in [0.717, 1.165) is 15.8 Å². The molecule has 1 amide bonds. The number of aliphatic hydroxyl groups is 1. The highest BCUT2D eigenvalue weighted by Crippen LogP contribution is 2.32. The molecule has 0 aliphatic carbocycles. The minimum atomic E-state index is -1.10. The van der Waals surface area contributed by atoms with E-state index in [4.69, 9.17) is 4.74 Å². The number of carbonyl (C=O) groups is 1. The fourth-order valence-electron chi connectivity index (χ4n) is 4.32. The third-order valence-electron chi connectivity index (χ3n) is 6.37. The number of aromatic nitrogens is 3. The molecule has 0 radical (unpaired) electrons. The van der Waals surface area contributed by atoms with Crippen molar-refractivity contribution in [3.63, 3.8) is 0 Å². The molecular weight excluding hydrogens is 479 g/mol. The molecule has 1 saturated heterocycles. The number of thioether (sulfide) groups is 1. The van der Waals surface area contributed by atoms with Crippen LogP contribution in [-0.4, -0.2) is 63.0 Å². The molecule has 0 unspecified atom stereocenters. The summed E-state index contributed by atoms with van der Waals surface area (Å²) in [5.74, 6) is -0.0298. The van der Waals surface area contributed by atoms with E-state index in [9.17, 15) is 14.3 Å². The average Bonchev–Trinajstić information content (AvgIpc) is 3.26. The van der Waals surface area contributed by atoms with Gasteiger partial charge >= 0.3 is 0 Å². The van der Waals surface area contributed by atoms with E-state index < -0.39 is 11.4 Å². The Bertz CT molecular complexity index is 1420. The zero-order chi connectivity index (χ0) is 25.4. The lowest BCUT2D eigenvalue weighted by Crippen LogP contribution is -2.40. The summed E-state index contributed by atoms with van der Waals surface area (Å²) in [6.45, 7) is 5.54. The molecule has 36 heavy (non-hydrogen) atoms. The maximum absolute atomic E-state index is 14.6. The molecule has 5 rings (SSSR count). The first-order chi connectivity index (χ1) is 17.3. The largest absolute Gasteiger partial charge is 0.386 e. The predicted molar refractivity (Wildman–Crippen MR) is 138 cm³/mol. The van der Waals surface area contributed by atoms with Gasteiger partial charge in [0, 0.05) is 58.7 Å². The molecule has 186 valence electrons. The Morgan fingerprint density at radius 1 is 1.11 bits per heavy atom. The lowest BCUT2D eigenvalue weighted by Gasteiger charge is -2.26. The number of morpholine rings is 1. The van der Waals surface area contributed by atoms with Crippen LogP contribution in [0.15, 0.2) is 59.9 Å². The number of amides is 1. The zero-order valence-corrected chi connectivity index (χ0v) is 21.2. The number of hydrogen-bond donors (Lipinski definition) is 1. The van der Waals surface area contributed by atoms with Gasteiger partial charge in [0.05, 0.1) is 24.3 Å². The monoisotopic (exact) mass is 506 g/mol. The first-order valence-electron chi connectivity index (χ1n) is 11.7. The zero-order valence-electron chi connectivity index (χ0n) is 20.4. The average molecular weight is 507 g/mol. The fourth-order valence-corrected chi connectivity index (χ4v) is 4.92. The van der Waals surface area contributed by atoms with Crippen molar-refractivity contribution < 1.29 is 19.0 Å². The van der Waals surface area contributed by atoms with Gasteiger partial charge in [-0.2, -0.15) is 0 Å². The quantitative estimate of drug-likeness (QED) is 0.397. The van der Waals surface area contributed by atoms with Crippen LogP contribution in [0.25, 0.3) is 28.0 Å². The van der Waals surface area contributed by atoms with E-state index in [1.807, 2.05) is 35.2 Å². The molecule has 1 fully saturated rings. The van der Waals surface area contributed by atoms with Crippen LogP contribution in [0.4, 0.5) is 4.39 Å². The molecule has 0 bridgehead atoms. The first-order valence-corrected chi connectivity index (χ1v) is 12.9. The van der Waals surface area contributed by atoms with Gasteiger partial charge in [-0.1, -0.05) is 12.1 Å². The van der Waals surface area contributed by atoms with Crippen LogP contribution in [0.5, 0.6) is 0 Å². The number of fused-ring (bicyclic) bond motifs is 1. The standard InChI is InChI=1S/C27H27FN4O3S/c1-27(2,34)19-5-7-22(28)21(13-19)18-14-29-26(30-15-18)32-16-24(36-3)20-6-4-17(12-23(20)32)25(33)31-8-10-35-11-9-31/h4-7,12-16,34H,8-11H2,1-3H3. The molecule has 4 aromatic rings. The minimum absolute atomic E-state index is 0.0305. The summed E-state index contributed by atoms with van der Waals surface area (Å²) in [6.07, 6.45) is 7.08. The van der Waals surface area contributed by atoms with Crippen molar-refractivity contribution in [3.05, 3.63) is 71.9 Å². The molecule has 7 nitrogen and oxygen atoms in total. The van der Waals surface area contributed by atoms with Gasteiger partial charge in [0.15, 0.2) is 0 Å². The highest BCUT2D eigenvalue weighted by Gasteiger charge is 2.21. The van der Waals surface area contributed by atoms with Gasteiger partial charge in [0.2, 0.25) is 5.95 Å². The number of hydrogen-bond acceptors (Lipinski definition) is 6. The molecule has 0 atom stereocenters. The van der Waals surface area contributed by atoms with Crippen molar-refractivity contribution in [1.82, 2.24) is 19.4 Å². The van der Waals surface area contributed by atoms with E-state index in [-0.39, 0.29) is 5.91 Å². The van der Waals surface area contributed by atoms with Gasteiger partial charge in [0.1, 0.15) is 5.82 Å². The highest BCUT2D eigenvalue weighted by molar-refractivity contribution is 7.98. The van der Waals surface area contributed by atoms with Crippen molar-refractivity contribution >= 4 is 28.6 Å². The van der Waals surface area contributed by atoms with Crippen LogP contribution in [0.2, 0.25) is 0 Å². The van der Waals surface area contributed by atoms with E-state index in [0.29, 0.717) is 54.5 Å². The van der Waals surface area contributed by atoms with E-state index >= 15 is 0 Å². The molecular formula is C27H27FN4O3S. The molecule has 1 aliphatic heterocycles. The molecule has 1 N–H and O–H groups in total. The summed E-state index contributed by atoms with van der Waals surface area (Å²) in [7, 11) is 0. The van der Waals surface area contributed by atoms with Crippen molar-refractivity contribution in [2.75, 3.05) is 32.6 Å². The van der Waals surface area contributed by atoms with E-state index in [1.54, 1.807) is 55.0 Å². The van der Waals surface area contributed by atoms with Gasteiger partial charge in [-0.25, -0.2) is 14.4 Å². The molecule has 3 heterocycles. The third kappa shape index (κ3) is 4.61. The minimum Gasteiger partial charge on any atom is -0.386 e. The lowest BCUT2D eigenvalue weighted by atomic mass is 9.95. The number of benzene rings is 2. The fraction of sp³-hybridized carbons (Fsp3) is 0.296. The number of carbonyl (C=O) groups excluding carboxylic acids is 1. The summed E-state index contributed by atoms with van der Waals surface area (Å²) in [6, 6.07) is 10.2. The predicted octanol–water partition coefficient (Wildman–Crippen LogP) is 4.65. The number of rotatable bonds is 5. The van der Waals surface area contributed by atoms with Gasteiger partial charge in [-0.05, 0) is 49.9 Å². The maximum atomic E-state index is 14.6. The van der Waals surface area contributed by atoms with Crippen LogP contribution >= 0.6 is 11.8 Å². The van der Waals surface area contributed by atoms with Crippen LogP contribution in [0.3, 0.4) is 0 Å². The van der Waals surface area contributed by atoms with E-state index in [2.05, 4.69) is 9.97 Å². The summed E-state index contributed by atoms with van der Waals surface area (Å²) in [5, 5.41) is 11.3. The second-order valence-corrected chi connectivity index (χ2v) is 10.1. The first kappa shape index (κ1) is 24.4. The van der Waals surface area contributed by atoms with Gasteiger partial charge in [-0.3, -0.25) is 9.36 Å². The Hall–Kier alpha value is -3.27. The molecule has 1 aliphatic rings. The van der Waals surface area contributed by atoms with E-state index in [1.165, 1.54) is 6.07 Å². The molecule has 0 spiro atoms. The summed E-state index contributed by atoms with van der Waals surface area (Å²) >= 11 is 1.60. The summed E-state index contributed by atoms with van der Waals surface area (Å²) in [5.41, 5.74) is 1.74. The lowest BCUT2D eigenvalue weighted by molar-refractivity contribution is 0.0303. The Balaban J connectivity index is 1.53. The topological polar surface area (TPSA) is 80.5 Å². The molecule has 9 heteroatoms. The van der Waals surface area contributed by atoms with Crippen LogP contribution in [0, 0.1) is 5.82 Å². The second-order valence-electron chi connectivity index (χ2n) is 9.23. The number of nitrogens with zero attached hydrogens (tertiary/aromatic N) is 4. The highest BCUT2D eigenvalue weighted by atomic mass is 32.2. The van der Waals surface area contributed by atoms with Crippen molar-refractivity contribution in [3.8, 4) is 17.1 Å². The smallest absolute Gasteiger partial charge is 0.254 e. The Kier molecular flexibility index (Phi) is 6.55.